The molecule has 1 atom stereocenters. The zero-order valence-corrected chi connectivity index (χ0v) is 12.3. The number of carbonyl (C=O) groups excluding carboxylic acids is 3. The topological polar surface area (TPSA) is 66.5 Å². The lowest BCUT2D eigenvalue weighted by Gasteiger charge is -2.15. The van der Waals surface area contributed by atoms with Gasteiger partial charge in [0.05, 0.1) is 12.5 Å². The third-order valence-electron chi connectivity index (χ3n) is 3.20. The van der Waals surface area contributed by atoms with Crippen molar-refractivity contribution in [2.75, 3.05) is 7.05 Å². The zero-order valence-electron chi connectivity index (χ0n) is 12.3. The van der Waals surface area contributed by atoms with Crippen molar-refractivity contribution in [2.45, 2.75) is 33.2 Å². The van der Waals surface area contributed by atoms with Gasteiger partial charge in [-0.2, -0.15) is 0 Å². The number of ketones is 1. The molecule has 1 rings (SSSR count). The van der Waals surface area contributed by atoms with E-state index >= 15 is 0 Å². The molecule has 0 aliphatic carbocycles. The molecule has 5 heteroatoms. The second-order valence-electron chi connectivity index (χ2n) is 4.46. The summed E-state index contributed by atoms with van der Waals surface area (Å²) in [6, 6.07) is -0.472. The highest BCUT2D eigenvalue weighted by Crippen LogP contribution is 2.20. The van der Waals surface area contributed by atoms with Crippen LogP contribution in [-0.2, 0) is 14.4 Å². The highest BCUT2D eigenvalue weighted by Gasteiger charge is 2.38. The number of rotatable bonds is 5. The summed E-state index contributed by atoms with van der Waals surface area (Å²) in [7, 11) is 1.65. The van der Waals surface area contributed by atoms with Crippen LogP contribution in [0.4, 0.5) is 0 Å². The first kappa shape index (κ1) is 16.0. The van der Waals surface area contributed by atoms with E-state index in [0.29, 0.717) is 11.3 Å². The van der Waals surface area contributed by atoms with Crippen molar-refractivity contribution >= 4 is 17.6 Å². The largest absolute Gasteiger partial charge is 0.308 e. The molecule has 2 amide bonds. The minimum Gasteiger partial charge on any atom is -0.308 e. The number of nitrogens with one attached hydrogen (secondary N) is 1. The number of likely N-dealkylation sites (N-methyl/N-ethyl adjacent to an activating group) is 1. The number of hydrogen-bond donors (Lipinski definition) is 1. The van der Waals surface area contributed by atoms with E-state index in [1.54, 1.807) is 45.2 Å². The summed E-state index contributed by atoms with van der Waals surface area (Å²) in [6.07, 6.45) is 6.76. The monoisotopic (exact) mass is 276 g/mol. The van der Waals surface area contributed by atoms with E-state index in [2.05, 4.69) is 5.32 Å². The zero-order chi connectivity index (χ0) is 15.3. The summed E-state index contributed by atoms with van der Waals surface area (Å²) >= 11 is 0. The number of carbonyl (C=O) groups is 3. The van der Waals surface area contributed by atoms with Crippen LogP contribution in [0.1, 0.15) is 27.2 Å². The lowest BCUT2D eigenvalue weighted by atomic mass is 10.1. The van der Waals surface area contributed by atoms with Crippen molar-refractivity contribution in [1.29, 1.82) is 0 Å². The van der Waals surface area contributed by atoms with E-state index in [1.165, 1.54) is 6.92 Å². The maximum atomic E-state index is 12.1. The first-order chi connectivity index (χ1) is 9.46. The molecular weight excluding hydrogens is 256 g/mol. The Balaban J connectivity index is 2.99. The first-order valence-electron chi connectivity index (χ1n) is 6.52. The van der Waals surface area contributed by atoms with Crippen LogP contribution in [0.2, 0.25) is 0 Å². The normalized spacial score (nSPS) is 21.2. The Morgan fingerprint density at radius 3 is 2.30 bits per heavy atom. The maximum absolute atomic E-state index is 12.1. The van der Waals surface area contributed by atoms with Gasteiger partial charge in [0.25, 0.3) is 5.91 Å². The summed E-state index contributed by atoms with van der Waals surface area (Å²) in [5.41, 5.74) is 1.02. The molecule has 1 aliphatic heterocycles. The van der Waals surface area contributed by atoms with E-state index in [1.807, 2.05) is 0 Å². The van der Waals surface area contributed by atoms with Crippen LogP contribution < -0.4 is 5.32 Å². The lowest BCUT2D eigenvalue weighted by Crippen LogP contribution is -2.36. The molecule has 1 heterocycles. The Bertz CT molecular complexity index is 515. The molecule has 0 aromatic carbocycles. The van der Waals surface area contributed by atoms with E-state index in [4.69, 9.17) is 0 Å². The molecule has 1 N–H and O–H groups in total. The number of Topliss-reactive ketones (excluding diaryl/α,β-unsaturated/α-hetero) is 1. The van der Waals surface area contributed by atoms with Crippen molar-refractivity contribution in [3.05, 3.63) is 35.6 Å². The summed E-state index contributed by atoms with van der Waals surface area (Å²) in [5.74, 6) is -0.566. The second kappa shape index (κ2) is 6.96. The van der Waals surface area contributed by atoms with Gasteiger partial charge in [-0.3, -0.25) is 14.4 Å². The van der Waals surface area contributed by atoms with Crippen LogP contribution in [0.15, 0.2) is 35.6 Å². The van der Waals surface area contributed by atoms with Gasteiger partial charge in [0.1, 0.15) is 0 Å². The summed E-state index contributed by atoms with van der Waals surface area (Å²) in [5, 5.41) is 2.82. The molecule has 1 saturated heterocycles. The van der Waals surface area contributed by atoms with Crippen molar-refractivity contribution in [1.82, 2.24) is 10.2 Å². The Morgan fingerprint density at radius 1 is 1.25 bits per heavy atom. The van der Waals surface area contributed by atoms with E-state index in [-0.39, 0.29) is 24.0 Å². The van der Waals surface area contributed by atoms with Crippen LogP contribution in [0, 0.1) is 0 Å². The van der Waals surface area contributed by atoms with E-state index < -0.39 is 6.04 Å². The van der Waals surface area contributed by atoms with E-state index in [9.17, 15) is 14.4 Å². The highest BCUT2D eigenvalue weighted by atomic mass is 16.2. The summed E-state index contributed by atoms with van der Waals surface area (Å²) in [6.45, 7) is 4.98. The third kappa shape index (κ3) is 3.30. The number of imide groups is 1. The SMILES string of the molecule is C\C=C(/C=C\C(=C/C)N1C(=O)CC(NC)C1=O)C(C)=O. The van der Waals surface area contributed by atoms with Crippen molar-refractivity contribution in [3.8, 4) is 0 Å². The fourth-order valence-electron chi connectivity index (χ4n) is 2.02. The van der Waals surface area contributed by atoms with Gasteiger partial charge in [0.2, 0.25) is 5.91 Å². The van der Waals surface area contributed by atoms with Gasteiger partial charge in [-0.1, -0.05) is 12.2 Å². The average Bonchev–Trinajstić information content (AvgIpc) is 2.70. The van der Waals surface area contributed by atoms with Gasteiger partial charge in [-0.05, 0) is 40.0 Å². The standard InChI is InChI=1S/C15H20N2O3/c1-5-11(10(3)18)7-8-12(6-2)17-14(19)9-13(16-4)15(17)20/h5-8,13,16H,9H2,1-4H3/b8-7-,11-5+,12-6+. The molecule has 108 valence electrons. The molecule has 0 aromatic heterocycles. The number of likely N-dealkylation sites (tertiary alicyclic amines) is 1. The molecule has 1 unspecified atom stereocenters. The van der Waals surface area contributed by atoms with Crippen molar-refractivity contribution in [2.24, 2.45) is 0 Å². The van der Waals surface area contributed by atoms with Crippen LogP contribution in [0.5, 0.6) is 0 Å². The van der Waals surface area contributed by atoms with Crippen LogP contribution in [0.25, 0.3) is 0 Å². The average molecular weight is 276 g/mol. The van der Waals surface area contributed by atoms with Gasteiger partial charge in [0, 0.05) is 11.3 Å². The molecule has 5 nitrogen and oxygen atoms in total. The molecule has 0 bridgehead atoms. The Morgan fingerprint density at radius 2 is 1.90 bits per heavy atom. The van der Waals surface area contributed by atoms with Crippen LogP contribution in [0.3, 0.4) is 0 Å². The fourth-order valence-corrected chi connectivity index (χ4v) is 2.02. The molecule has 1 fully saturated rings. The van der Waals surface area contributed by atoms with Gasteiger partial charge < -0.3 is 5.32 Å². The maximum Gasteiger partial charge on any atom is 0.251 e. The van der Waals surface area contributed by atoms with Gasteiger partial charge in [-0.25, -0.2) is 4.90 Å². The van der Waals surface area contributed by atoms with Crippen LogP contribution >= 0.6 is 0 Å². The van der Waals surface area contributed by atoms with Gasteiger partial charge in [-0.15, -0.1) is 0 Å². The molecule has 0 radical (unpaired) electrons. The van der Waals surface area contributed by atoms with Crippen molar-refractivity contribution in [3.63, 3.8) is 0 Å². The predicted octanol–water partition coefficient (Wildman–Crippen LogP) is 1.33. The first-order valence-corrected chi connectivity index (χ1v) is 6.52. The van der Waals surface area contributed by atoms with E-state index in [0.717, 1.165) is 4.90 Å². The number of nitrogens with zero attached hydrogens (tertiary/aromatic N) is 1. The molecule has 0 spiro atoms. The number of amides is 2. The number of allylic oxidation sites excluding steroid dienone is 5. The molecular formula is C15H20N2O3. The molecule has 20 heavy (non-hydrogen) atoms. The van der Waals surface area contributed by atoms with Gasteiger partial charge in [0.15, 0.2) is 5.78 Å². The minimum absolute atomic E-state index is 0.0635. The smallest absolute Gasteiger partial charge is 0.251 e. The Kier molecular flexibility index (Phi) is 5.58. The van der Waals surface area contributed by atoms with Crippen LogP contribution in [-0.4, -0.2) is 35.6 Å². The van der Waals surface area contributed by atoms with Crippen molar-refractivity contribution < 1.29 is 14.4 Å². The number of hydrogen-bond acceptors (Lipinski definition) is 4. The Hall–Kier alpha value is -2.01. The second-order valence-corrected chi connectivity index (χ2v) is 4.46. The predicted molar refractivity (Wildman–Crippen MR) is 76.7 cm³/mol. The Labute approximate surface area is 119 Å². The third-order valence-corrected chi connectivity index (χ3v) is 3.20. The fraction of sp³-hybridized carbons (Fsp3) is 0.400. The molecule has 0 saturated carbocycles. The minimum atomic E-state index is -0.472. The quantitative estimate of drug-likeness (QED) is 0.467. The highest BCUT2D eigenvalue weighted by molar-refractivity contribution is 6.07. The molecule has 1 aliphatic rings. The molecule has 0 aromatic rings. The summed E-state index contributed by atoms with van der Waals surface area (Å²) in [4.78, 5) is 36.5. The lowest BCUT2D eigenvalue weighted by molar-refractivity contribution is -0.136. The van der Waals surface area contributed by atoms with Gasteiger partial charge >= 0.3 is 0 Å². The summed E-state index contributed by atoms with van der Waals surface area (Å²) < 4.78 is 0.